The minimum absolute atomic E-state index is 0.236. The summed E-state index contributed by atoms with van der Waals surface area (Å²) in [5.74, 6) is -0.652. The lowest BCUT2D eigenvalue weighted by atomic mass is 9.97. The zero-order chi connectivity index (χ0) is 19.4. The lowest BCUT2D eigenvalue weighted by Gasteiger charge is -2.16. The Morgan fingerprint density at radius 1 is 1.22 bits per heavy atom. The standard InChI is InChI=1S/C21H22N2O4/c1-3-4-5-12-23-19-16(10-7-11-22-19)17(18(20(23)24)21(25)26)14-8-6-9-15(13-14)27-2/h6-11,13H,3-5,12H2,1-2H3,(H,25,26). The van der Waals surface area contributed by atoms with E-state index in [4.69, 9.17) is 4.74 Å². The van der Waals surface area contributed by atoms with Gasteiger partial charge in [0, 0.05) is 23.7 Å². The summed E-state index contributed by atoms with van der Waals surface area (Å²) < 4.78 is 6.75. The van der Waals surface area contributed by atoms with Gasteiger partial charge in [-0.3, -0.25) is 9.36 Å². The molecule has 0 radical (unpaired) electrons. The number of nitrogens with zero attached hydrogens (tertiary/aromatic N) is 2. The molecule has 3 aromatic rings. The van der Waals surface area contributed by atoms with Crippen molar-refractivity contribution in [2.24, 2.45) is 0 Å². The van der Waals surface area contributed by atoms with Gasteiger partial charge >= 0.3 is 5.97 Å². The largest absolute Gasteiger partial charge is 0.497 e. The summed E-state index contributed by atoms with van der Waals surface area (Å²) in [5, 5.41) is 10.5. The number of unbranched alkanes of at least 4 members (excludes halogenated alkanes) is 2. The highest BCUT2D eigenvalue weighted by Gasteiger charge is 2.23. The second-order valence-corrected chi connectivity index (χ2v) is 6.33. The van der Waals surface area contributed by atoms with Gasteiger partial charge in [-0.15, -0.1) is 0 Å². The van der Waals surface area contributed by atoms with E-state index in [9.17, 15) is 14.7 Å². The third-order valence-electron chi connectivity index (χ3n) is 4.58. The maximum atomic E-state index is 13.1. The van der Waals surface area contributed by atoms with Gasteiger partial charge < -0.3 is 9.84 Å². The molecule has 0 aliphatic carbocycles. The molecule has 0 atom stereocenters. The van der Waals surface area contributed by atoms with Crippen LogP contribution in [0.25, 0.3) is 22.2 Å². The Morgan fingerprint density at radius 3 is 2.74 bits per heavy atom. The van der Waals surface area contributed by atoms with Gasteiger partial charge in [-0.1, -0.05) is 31.9 Å². The second kappa shape index (κ2) is 8.03. The smallest absolute Gasteiger partial charge is 0.342 e. The van der Waals surface area contributed by atoms with Crippen molar-refractivity contribution in [2.45, 2.75) is 32.7 Å². The first-order valence-corrected chi connectivity index (χ1v) is 8.97. The molecule has 6 heteroatoms. The van der Waals surface area contributed by atoms with Gasteiger partial charge in [-0.05, 0) is 36.2 Å². The molecule has 0 fully saturated rings. The van der Waals surface area contributed by atoms with Crippen molar-refractivity contribution in [3.63, 3.8) is 0 Å². The van der Waals surface area contributed by atoms with Crippen LogP contribution in [0.5, 0.6) is 5.75 Å². The molecule has 2 heterocycles. The number of aromatic nitrogens is 2. The average Bonchev–Trinajstić information content (AvgIpc) is 2.68. The van der Waals surface area contributed by atoms with Gasteiger partial charge in [0.25, 0.3) is 5.56 Å². The van der Waals surface area contributed by atoms with Crippen molar-refractivity contribution in [1.29, 1.82) is 0 Å². The van der Waals surface area contributed by atoms with Crippen molar-refractivity contribution in [3.05, 3.63) is 58.5 Å². The topological polar surface area (TPSA) is 81.4 Å². The van der Waals surface area contributed by atoms with Crippen LogP contribution in [0.4, 0.5) is 0 Å². The molecule has 6 nitrogen and oxygen atoms in total. The molecule has 0 spiro atoms. The van der Waals surface area contributed by atoms with E-state index in [1.54, 1.807) is 49.7 Å². The highest BCUT2D eigenvalue weighted by molar-refractivity contribution is 6.05. The van der Waals surface area contributed by atoms with Crippen molar-refractivity contribution < 1.29 is 14.6 Å². The Morgan fingerprint density at radius 2 is 2.04 bits per heavy atom. The van der Waals surface area contributed by atoms with Crippen LogP contribution in [-0.2, 0) is 6.54 Å². The molecule has 0 saturated heterocycles. The molecule has 0 unspecified atom stereocenters. The first kappa shape index (κ1) is 18.6. The SMILES string of the molecule is CCCCCn1c(=O)c(C(=O)O)c(-c2cccc(OC)c2)c2cccnc21. The predicted octanol–water partition coefficient (Wildman–Crippen LogP) is 3.96. The number of methoxy groups -OCH3 is 1. The summed E-state index contributed by atoms with van der Waals surface area (Å²) >= 11 is 0. The van der Waals surface area contributed by atoms with Crippen molar-refractivity contribution in [2.75, 3.05) is 7.11 Å². The first-order valence-electron chi connectivity index (χ1n) is 8.97. The van der Waals surface area contributed by atoms with Gasteiger partial charge in [-0.25, -0.2) is 9.78 Å². The Hall–Kier alpha value is -3.15. The van der Waals surface area contributed by atoms with Gasteiger partial charge in [0.2, 0.25) is 0 Å². The highest BCUT2D eigenvalue weighted by atomic mass is 16.5. The highest BCUT2D eigenvalue weighted by Crippen LogP contribution is 2.32. The molecule has 1 aromatic carbocycles. The molecule has 1 N–H and O–H groups in total. The fraction of sp³-hybridized carbons (Fsp3) is 0.286. The van der Waals surface area contributed by atoms with Crippen LogP contribution >= 0.6 is 0 Å². The predicted molar refractivity (Wildman–Crippen MR) is 104 cm³/mol. The van der Waals surface area contributed by atoms with Gasteiger partial charge in [0.15, 0.2) is 0 Å². The number of carboxylic acids is 1. The van der Waals surface area contributed by atoms with E-state index in [2.05, 4.69) is 11.9 Å². The fourth-order valence-electron chi connectivity index (χ4n) is 3.28. The zero-order valence-corrected chi connectivity index (χ0v) is 15.4. The van der Waals surface area contributed by atoms with Crippen LogP contribution in [0.3, 0.4) is 0 Å². The Kier molecular flexibility index (Phi) is 5.54. The van der Waals surface area contributed by atoms with Crippen molar-refractivity contribution >= 4 is 17.0 Å². The monoisotopic (exact) mass is 366 g/mol. The van der Waals surface area contributed by atoms with E-state index >= 15 is 0 Å². The van der Waals surface area contributed by atoms with Crippen LogP contribution < -0.4 is 10.3 Å². The molecule has 140 valence electrons. The zero-order valence-electron chi connectivity index (χ0n) is 15.4. The number of benzene rings is 1. The lowest BCUT2D eigenvalue weighted by molar-refractivity contribution is 0.0695. The Balaban J connectivity index is 2.36. The van der Waals surface area contributed by atoms with Crippen LogP contribution in [0.15, 0.2) is 47.4 Å². The van der Waals surface area contributed by atoms with Crippen LogP contribution in [0.2, 0.25) is 0 Å². The molecule has 2 aromatic heterocycles. The molecule has 0 aliphatic rings. The average molecular weight is 366 g/mol. The van der Waals surface area contributed by atoms with E-state index in [-0.39, 0.29) is 5.56 Å². The maximum Gasteiger partial charge on any atom is 0.342 e. The number of hydrogen-bond donors (Lipinski definition) is 1. The summed E-state index contributed by atoms with van der Waals surface area (Å²) in [5.41, 5.74) is 0.730. The van der Waals surface area contributed by atoms with Gasteiger partial charge in [0.05, 0.1) is 7.11 Å². The van der Waals surface area contributed by atoms with Crippen LogP contribution in [0.1, 0.15) is 36.5 Å². The van der Waals surface area contributed by atoms with Gasteiger partial charge in [0.1, 0.15) is 17.0 Å². The summed E-state index contributed by atoms with van der Waals surface area (Å²) in [4.78, 5) is 29.5. The van der Waals surface area contributed by atoms with Gasteiger partial charge in [-0.2, -0.15) is 0 Å². The summed E-state index contributed by atoms with van der Waals surface area (Å²) in [6, 6.07) is 10.6. The number of ether oxygens (including phenoxy) is 1. The number of carbonyl (C=O) groups is 1. The molecule has 27 heavy (non-hydrogen) atoms. The number of pyridine rings is 2. The fourth-order valence-corrected chi connectivity index (χ4v) is 3.28. The molecule has 0 bridgehead atoms. The van der Waals surface area contributed by atoms with Crippen LogP contribution in [0, 0.1) is 0 Å². The minimum Gasteiger partial charge on any atom is -0.497 e. The maximum absolute atomic E-state index is 13.1. The van der Waals surface area contributed by atoms with Crippen molar-refractivity contribution in [3.8, 4) is 16.9 Å². The third kappa shape index (κ3) is 3.56. The lowest BCUT2D eigenvalue weighted by Crippen LogP contribution is -2.28. The normalized spacial score (nSPS) is 10.9. The number of hydrogen-bond acceptors (Lipinski definition) is 4. The Bertz CT molecular complexity index is 1040. The number of carboxylic acid groups (broad SMARTS) is 1. The third-order valence-corrected chi connectivity index (χ3v) is 4.58. The van der Waals surface area contributed by atoms with E-state index < -0.39 is 11.5 Å². The van der Waals surface area contributed by atoms with E-state index in [0.29, 0.717) is 34.5 Å². The summed E-state index contributed by atoms with van der Waals surface area (Å²) in [6.45, 7) is 2.52. The number of rotatable bonds is 7. The van der Waals surface area contributed by atoms with E-state index in [1.807, 2.05) is 0 Å². The molecule has 0 amide bonds. The van der Waals surface area contributed by atoms with E-state index in [0.717, 1.165) is 19.3 Å². The molecular formula is C21H22N2O4. The van der Waals surface area contributed by atoms with Crippen molar-refractivity contribution in [1.82, 2.24) is 9.55 Å². The Labute approximate surface area is 157 Å². The summed E-state index contributed by atoms with van der Waals surface area (Å²) in [6.07, 6.45) is 4.38. The number of aryl methyl sites for hydroxylation is 1. The summed E-state index contributed by atoms with van der Waals surface area (Å²) in [7, 11) is 1.54. The quantitative estimate of drug-likeness (QED) is 0.640. The molecule has 0 saturated carbocycles. The molecule has 0 aliphatic heterocycles. The number of aromatic carboxylic acids is 1. The minimum atomic E-state index is -1.24. The van der Waals surface area contributed by atoms with Crippen LogP contribution in [-0.4, -0.2) is 27.7 Å². The second-order valence-electron chi connectivity index (χ2n) is 6.33. The molecule has 3 rings (SSSR count). The van der Waals surface area contributed by atoms with E-state index in [1.165, 1.54) is 4.57 Å². The number of fused-ring (bicyclic) bond motifs is 1. The molecular weight excluding hydrogens is 344 g/mol. The first-order chi connectivity index (χ1) is 13.1.